The van der Waals surface area contributed by atoms with Gasteiger partial charge in [0.15, 0.2) is 5.11 Å². The summed E-state index contributed by atoms with van der Waals surface area (Å²) in [6.45, 7) is 3.20. The molecule has 0 heterocycles. The minimum Gasteiger partial charge on any atom is -0.383 e. The van der Waals surface area contributed by atoms with Gasteiger partial charge in [-0.25, -0.2) is 0 Å². The molecule has 0 fully saturated rings. The second-order valence-electron chi connectivity index (χ2n) is 5.00. The molecule has 0 bridgehead atoms. The molecule has 0 saturated heterocycles. The lowest BCUT2D eigenvalue weighted by Gasteiger charge is -2.08. The number of hydrogen-bond donors (Lipinski definition) is 2. The van der Waals surface area contributed by atoms with Gasteiger partial charge in [-0.2, -0.15) is 5.10 Å². The number of thiocarbonyl (C=S) groups is 1. The highest BCUT2D eigenvalue weighted by atomic mass is 32.1. The molecule has 120 valence electrons. The summed E-state index contributed by atoms with van der Waals surface area (Å²) < 4.78 is 4.95. The maximum absolute atomic E-state index is 5.14. The molecule has 2 aromatic carbocycles. The van der Waals surface area contributed by atoms with Gasteiger partial charge in [0, 0.05) is 13.7 Å². The highest BCUT2D eigenvalue weighted by Crippen LogP contribution is 2.19. The maximum Gasteiger partial charge on any atom is 0.187 e. The second-order valence-corrected chi connectivity index (χ2v) is 5.41. The quantitative estimate of drug-likeness (QED) is 0.370. The van der Waals surface area contributed by atoms with Crippen molar-refractivity contribution in [2.75, 3.05) is 20.3 Å². The summed E-state index contributed by atoms with van der Waals surface area (Å²) in [5, 5.41) is 7.80. The summed E-state index contributed by atoms with van der Waals surface area (Å²) in [5.41, 5.74) is 7.16. The van der Waals surface area contributed by atoms with Crippen LogP contribution in [0, 0.1) is 0 Å². The molecule has 2 aromatic rings. The third-order valence-corrected chi connectivity index (χ3v) is 3.56. The highest BCUT2D eigenvalue weighted by molar-refractivity contribution is 7.80. The van der Waals surface area contributed by atoms with Crippen LogP contribution in [0.25, 0.3) is 11.1 Å². The van der Waals surface area contributed by atoms with Crippen LogP contribution < -0.4 is 10.7 Å². The molecule has 2 rings (SSSR count). The minimum absolute atomic E-state index is 0.488. The fourth-order valence-electron chi connectivity index (χ4n) is 2.04. The van der Waals surface area contributed by atoms with Crippen molar-refractivity contribution in [1.29, 1.82) is 0 Å². The Morgan fingerprint density at radius 1 is 1.04 bits per heavy atom. The second kappa shape index (κ2) is 9.02. The maximum atomic E-state index is 5.14. The van der Waals surface area contributed by atoms with Crippen LogP contribution in [0.3, 0.4) is 0 Å². The van der Waals surface area contributed by atoms with Gasteiger partial charge in [0.05, 0.1) is 12.3 Å². The van der Waals surface area contributed by atoms with E-state index in [1.807, 2.05) is 25.1 Å². The predicted molar refractivity (Wildman–Crippen MR) is 99.7 cm³/mol. The van der Waals surface area contributed by atoms with Crippen LogP contribution in [0.5, 0.6) is 0 Å². The Bertz CT molecular complexity index is 654. The van der Waals surface area contributed by atoms with Gasteiger partial charge in [0.25, 0.3) is 0 Å². The van der Waals surface area contributed by atoms with Crippen LogP contribution >= 0.6 is 12.2 Å². The smallest absolute Gasteiger partial charge is 0.187 e. The molecule has 0 aliphatic heterocycles. The van der Waals surface area contributed by atoms with E-state index < -0.39 is 0 Å². The molecule has 0 aliphatic carbocycles. The number of nitrogens with zero attached hydrogens (tertiary/aromatic N) is 1. The standard InChI is InChI=1S/C18H21N3OS/c1-14(20-21-18(23)19-12-13-22-2)15-8-10-17(11-9-15)16-6-4-3-5-7-16/h3-11H,12-13H2,1-2H3,(H2,19,21,23)/b20-14-. The van der Waals surface area contributed by atoms with E-state index in [0.717, 1.165) is 11.3 Å². The first-order valence-electron chi connectivity index (χ1n) is 7.43. The molecule has 0 unspecified atom stereocenters. The van der Waals surface area contributed by atoms with Gasteiger partial charge in [-0.3, -0.25) is 5.43 Å². The first-order valence-corrected chi connectivity index (χ1v) is 7.84. The minimum atomic E-state index is 0.488. The Morgan fingerprint density at radius 2 is 1.70 bits per heavy atom. The van der Waals surface area contributed by atoms with Crippen molar-refractivity contribution in [3.63, 3.8) is 0 Å². The topological polar surface area (TPSA) is 45.6 Å². The van der Waals surface area contributed by atoms with Crippen LogP contribution in [0.2, 0.25) is 0 Å². The van der Waals surface area contributed by atoms with Crippen LogP contribution in [0.1, 0.15) is 12.5 Å². The van der Waals surface area contributed by atoms with E-state index in [4.69, 9.17) is 17.0 Å². The zero-order chi connectivity index (χ0) is 16.5. The largest absolute Gasteiger partial charge is 0.383 e. The normalized spacial score (nSPS) is 11.1. The van der Waals surface area contributed by atoms with Crippen molar-refractivity contribution in [1.82, 2.24) is 10.7 Å². The molecule has 0 atom stereocenters. The molecular weight excluding hydrogens is 306 g/mol. The van der Waals surface area contributed by atoms with Crippen LogP contribution in [0.15, 0.2) is 59.7 Å². The van der Waals surface area contributed by atoms with E-state index >= 15 is 0 Å². The van der Waals surface area contributed by atoms with E-state index in [1.54, 1.807) is 7.11 Å². The molecule has 0 aromatic heterocycles. The third kappa shape index (κ3) is 5.47. The SMILES string of the molecule is COCCNC(=S)N/N=C(/C)c1ccc(-c2ccccc2)cc1. The molecule has 4 nitrogen and oxygen atoms in total. The van der Waals surface area contributed by atoms with Gasteiger partial charge < -0.3 is 10.1 Å². The Hall–Kier alpha value is -2.24. The van der Waals surface area contributed by atoms with Crippen molar-refractivity contribution in [3.05, 3.63) is 60.2 Å². The summed E-state index contributed by atoms with van der Waals surface area (Å²) in [6.07, 6.45) is 0. The van der Waals surface area contributed by atoms with Gasteiger partial charge >= 0.3 is 0 Å². The van der Waals surface area contributed by atoms with Crippen molar-refractivity contribution < 1.29 is 4.74 Å². The molecule has 0 spiro atoms. The monoisotopic (exact) mass is 327 g/mol. The van der Waals surface area contributed by atoms with E-state index in [1.165, 1.54) is 11.1 Å². The summed E-state index contributed by atoms with van der Waals surface area (Å²) in [4.78, 5) is 0. The van der Waals surface area contributed by atoms with E-state index in [9.17, 15) is 0 Å². The molecule has 5 heteroatoms. The van der Waals surface area contributed by atoms with Crippen LogP contribution in [0.4, 0.5) is 0 Å². The fraction of sp³-hybridized carbons (Fsp3) is 0.222. The molecule has 0 aliphatic rings. The molecule has 2 N–H and O–H groups in total. The number of hydrazone groups is 1. The van der Waals surface area contributed by atoms with E-state index in [-0.39, 0.29) is 0 Å². The lowest BCUT2D eigenvalue weighted by atomic mass is 10.0. The average molecular weight is 327 g/mol. The Morgan fingerprint density at radius 3 is 2.35 bits per heavy atom. The Labute approximate surface area is 142 Å². The van der Waals surface area contributed by atoms with E-state index in [2.05, 4.69) is 52.2 Å². The summed E-state index contributed by atoms with van der Waals surface area (Å²) in [7, 11) is 1.65. The first-order chi connectivity index (χ1) is 11.2. The number of methoxy groups -OCH3 is 1. The Kier molecular flexibility index (Phi) is 6.72. The van der Waals surface area contributed by atoms with E-state index in [0.29, 0.717) is 18.3 Å². The van der Waals surface area contributed by atoms with Crippen molar-refractivity contribution in [2.45, 2.75) is 6.92 Å². The van der Waals surface area contributed by atoms with Crippen LogP contribution in [-0.4, -0.2) is 31.1 Å². The van der Waals surface area contributed by atoms with Crippen molar-refractivity contribution >= 4 is 23.0 Å². The van der Waals surface area contributed by atoms with Gasteiger partial charge in [0.2, 0.25) is 0 Å². The van der Waals surface area contributed by atoms with Gasteiger partial charge in [-0.05, 0) is 35.8 Å². The number of nitrogens with one attached hydrogen (secondary N) is 2. The predicted octanol–water partition coefficient (Wildman–Crippen LogP) is 3.19. The van der Waals surface area contributed by atoms with Crippen molar-refractivity contribution in [3.8, 4) is 11.1 Å². The molecule has 0 amide bonds. The number of rotatable bonds is 6. The summed E-state index contributed by atoms with van der Waals surface area (Å²) in [5.74, 6) is 0. The van der Waals surface area contributed by atoms with Crippen molar-refractivity contribution in [2.24, 2.45) is 5.10 Å². The lowest BCUT2D eigenvalue weighted by molar-refractivity contribution is 0.204. The number of hydrogen-bond acceptors (Lipinski definition) is 3. The fourth-order valence-corrected chi connectivity index (χ4v) is 2.19. The third-order valence-electron chi connectivity index (χ3n) is 3.33. The summed E-state index contributed by atoms with van der Waals surface area (Å²) in [6, 6.07) is 18.6. The molecule has 0 radical (unpaired) electrons. The Balaban J connectivity index is 1.96. The number of benzene rings is 2. The molecular formula is C18H21N3OS. The zero-order valence-electron chi connectivity index (χ0n) is 13.4. The van der Waals surface area contributed by atoms with Gasteiger partial charge in [0.1, 0.15) is 0 Å². The average Bonchev–Trinajstić information content (AvgIpc) is 2.61. The molecule has 23 heavy (non-hydrogen) atoms. The zero-order valence-corrected chi connectivity index (χ0v) is 14.2. The molecule has 0 saturated carbocycles. The first kappa shape index (κ1) is 17.1. The van der Waals surface area contributed by atoms with Gasteiger partial charge in [-0.15, -0.1) is 0 Å². The van der Waals surface area contributed by atoms with Crippen LogP contribution in [-0.2, 0) is 4.74 Å². The summed E-state index contributed by atoms with van der Waals surface area (Å²) >= 11 is 5.14. The highest BCUT2D eigenvalue weighted by Gasteiger charge is 2.01. The lowest BCUT2D eigenvalue weighted by Crippen LogP contribution is -2.34. The van der Waals surface area contributed by atoms with Gasteiger partial charge in [-0.1, -0.05) is 54.6 Å². The number of ether oxygens (including phenoxy) is 1.